The quantitative estimate of drug-likeness (QED) is 0.720. The summed E-state index contributed by atoms with van der Waals surface area (Å²) < 4.78 is 6.56. The molecule has 0 spiro atoms. The third kappa shape index (κ3) is 7.23. The summed E-state index contributed by atoms with van der Waals surface area (Å²) in [5, 5.41) is 10.1. The Morgan fingerprint density at radius 3 is 2.04 bits per heavy atom. The first-order chi connectivity index (χ1) is 10.8. The fraction of sp³-hybridized carbons (Fsp3) is 0.714. The molecule has 24 heavy (non-hydrogen) atoms. The molecule has 0 amide bonds. The van der Waals surface area contributed by atoms with E-state index in [1.54, 1.807) is 0 Å². The lowest BCUT2D eigenvalue weighted by molar-refractivity contribution is -0.891. The van der Waals surface area contributed by atoms with Crippen LogP contribution in [0.4, 0.5) is 0 Å². The molecule has 0 saturated carbocycles. The third-order valence-electron chi connectivity index (χ3n) is 4.61. The van der Waals surface area contributed by atoms with Gasteiger partial charge in [0.2, 0.25) is 0 Å². The van der Waals surface area contributed by atoms with E-state index in [-0.39, 0.29) is 5.41 Å². The molecule has 138 valence electrons. The highest BCUT2D eigenvalue weighted by molar-refractivity contribution is 5.31. The SMILES string of the molecule is CC[N+](C)(C)CC(O)COc1ccc(C(C)(C)CC(C)(C)C)cc1. The number of likely N-dealkylation sites (N-methyl/N-ethyl adjacent to an activating group) is 1. The fourth-order valence-corrected chi connectivity index (χ4v) is 3.37. The highest BCUT2D eigenvalue weighted by Crippen LogP contribution is 2.36. The van der Waals surface area contributed by atoms with E-state index >= 15 is 0 Å². The predicted molar refractivity (Wildman–Crippen MR) is 103 cm³/mol. The lowest BCUT2D eigenvalue weighted by Crippen LogP contribution is -2.46. The number of ether oxygens (including phenoxy) is 1. The number of nitrogens with zero attached hydrogens (tertiary/aromatic N) is 1. The van der Waals surface area contributed by atoms with Gasteiger partial charge in [-0.1, -0.05) is 46.8 Å². The van der Waals surface area contributed by atoms with E-state index in [4.69, 9.17) is 4.74 Å². The number of quaternary nitrogens is 1. The normalized spacial score (nSPS) is 14.5. The van der Waals surface area contributed by atoms with Crippen LogP contribution in [0.2, 0.25) is 0 Å². The van der Waals surface area contributed by atoms with E-state index in [1.807, 2.05) is 12.1 Å². The van der Waals surface area contributed by atoms with E-state index in [1.165, 1.54) is 5.56 Å². The minimum Gasteiger partial charge on any atom is -0.491 e. The zero-order valence-corrected chi connectivity index (χ0v) is 17.0. The zero-order valence-electron chi connectivity index (χ0n) is 17.0. The second-order valence-corrected chi connectivity index (χ2v) is 9.55. The van der Waals surface area contributed by atoms with Gasteiger partial charge in [0.1, 0.15) is 25.0 Å². The highest BCUT2D eigenvalue weighted by Gasteiger charge is 2.27. The Hall–Kier alpha value is -1.06. The van der Waals surface area contributed by atoms with Crippen molar-refractivity contribution in [1.82, 2.24) is 0 Å². The summed E-state index contributed by atoms with van der Waals surface area (Å²) in [7, 11) is 4.24. The first kappa shape index (κ1) is 21.0. The number of aliphatic hydroxyl groups excluding tert-OH is 1. The average molecular weight is 337 g/mol. The van der Waals surface area contributed by atoms with Crippen molar-refractivity contribution in [3.63, 3.8) is 0 Å². The van der Waals surface area contributed by atoms with Crippen molar-refractivity contribution in [1.29, 1.82) is 0 Å². The van der Waals surface area contributed by atoms with Crippen molar-refractivity contribution in [3.05, 3.63) is 29.8 Å². The summed E-state index contributed by atoms with van der Waals surface area (Å²) in [5.74, 6) is 0.825. The van der Waals surface area contributed by atoms with Gasteiger partial charge in [0, 0.05) is 0 Å². The van der Waals surface area contributed by atoms with Crippen LogP contribution in [-0.2, 0) is 5.41 Å². The van der Waals surface area contributed by atoms with Gasteiger partial charge in [-0.2, -0.15) is 0 Å². The number of hydrogen-bond acceptors (Lipinski definition) is 2. The van der Waals surface area contributed by atoms with E-state index in [0.29, 0.717) is 18.6 Å². The molecule has 1 aromatic rings. The van der Waals surface area contributed by atoms with Crippen LogP contribution in [0.25, 0.3) is 0 Å². The van der Waals surface area contributed by atoms with Gasteiger partial charge in [0.05, 0.1) is 20.6 Å². The second kappa shape index (κ2) is 7.88. The van der Waals surface area contributed by atoms with E-state index in [9.17, 15) is 5.11 Å². The molecule has 0 bridgehead atoms. The van der Waals surface area contributed by atoms with Crippen LogP contribution in [0.5, 0.6) is 5.75 Å². The van der Waals surface area contributed by atoms with Crippen molar-refractivity contribution >= 4 is 0 Å². The monoisotopic (exact) mass is 336 g/mol. The van der Waals surface area contributed by atoms with Crippen molar-refractivity contribution in [2.45, 2.75) is 59.5 Å². The molecule has 0 radical (unpaired) electrons. The standard InChI is InChI=1S/C21H38NO2/c1-9-22(7,8)14-18(23)15-24-19-12-10-17(11-13-19)21(5,6)16-20(2,3)4/h10-13,18,23H,9,14-16H2,1-8H3/q+1. The van der Waals surface area contributed by atoms with Crippen molar-refractivity contribution in [2.75, 3.05) is 33.8 Å². The summed E-state index contributed by atoms with van der Waals surface area (Å²) >= 11 is 0. The molecule has 1 N–H and O–H groups in total. The molecule has 0 heterocycles. The molecule has 0 aliphatic rings. The molecule has 1 unspecified atom stereocenters. The Morgan fingerprint density at radius 2 is 1.58 bits per heavy atom. The van der Waals surface area contributed by atoms with Gasteiger partial charge in [0.25, 0.3) is 0 Å². The number of aliphatic hydroxyl groups is 1. The maximum Gasteiger partial charge on any atom is 0.137 e. The van der Waals surface area contributed by atoms with E-state index in [0.717, 1.165) is 23.2 Å². The maximum absolute atomic E-state index is 10.1. The molecule has 1 rings (SSSR count). The fourth-order valence-electron chi connectivity index (χ4n) is 3.37. The Bertz CT molecular complexity index is 498. The summed E-state index contributed by atoms with van der Waals surface area (Å²) in [6, 6.07) is 8.34. The molecule has 1 atom stereocenters. The Balaban J connectivity index is 2.62. The predicted octanol–water partition coefficient (Wildman–Crippen LogP) is 4.24. The summed E-state index contributed by atoms with van der Waals surface area (Å²) in [4.78, 5) is 0. The molecule has 0 saturated heterocycles. The smallest absolute Gasteiger partial charge is 0.137 e. The Kier molecular flexibility index (Phi) is 6.89. The molecule has 3 heteroatoms. The molecule has 0 aliphatic heterocycles. The highest BCUT2D eigenvalue weighted by atomic mass is 16.5. The van der Waals surface area contributed by atoms with E-state index < -0.39 is 6.10 Å². The summed E-state index contributed by atoms with van der Waals surface area (Å²) in [6.45, 7) is 15.6. The van der Waals surface area contributed by atoms with Crippen LogP contribution in [0, 0.1) is 5.41 Å². The maximum atomic E-state index is 10.1. The first-order valence-electron chi connectivity index (χ1n) is 9.08. The van der Waals surface area contributed by atoms with Crippen molar-refractivity contribution in [2.24, 2.45) is 5.41 Å². The largest absolute Gasteiger partial charge is 0.491 e. The molecular formula is C21H38NO2+. The van der Waals surface area contributed by atoms with Gasteiger partial charge in [-0.25, -0.2) is 0 Å². The van der Waals surface area contributed by atoms with Crippen LogP contribution < -0.4 is 4.74 Å². The van der Waals surface area contributed by atoms with Gasteiger partial charge < -0.3 is 14.3 Å². The molecule has 0 fully saturated rings. The molecule has 0 aliphatic carbocycles. The number of hydrogen-bond donors (Lipinski definition) is 1. The van der Waals surface area contributed by atoms with Gasteiger partial charge in [-0.05, 0) is 41.9 Å². The Labute approximate surface area is 149 Å². The molecule has 3 nitrogen and oxygen atoms in total. The molecule has 1 aromatic carbocycles. The minimum absolute atomic E-state index is 0.138. The second-order valence-electron chi connectivity index (χ2n) is 9.55. The summed E-state index contributed by atoms with van der Waals surface area (Å²) in [5.41, 5.74) is 1.76. The van der Waals surface area contributed by atoms with Gasteiger partial charge >= 0.3 is 0 Å². The zero-order chi connectivity index (χ0) is 18.6. The van der Waals surface area contributed by atoms with Gasteiger partial charge in [-0.15, -0.1) is 0 Å². The third-order valence-corrected chi connectivity index (χ3v) is 4.61. The van der Waals surface area contributed by atoms with Crippen molar-refractivity contribution < 1.29 is 14.3 Å². The number of rotatable bonds is 8. The van der Waals surface area contributed by atoms with Crippen LogP contribution in [0.1, 0.15) is 53.5 Å². The van der Waals surface area contributed by atoms with Crippen molar-refractivity contribution in [3.8, 4) is 5.75 Å². The summed E-state index contributed by atoms with van der Waals surface area (Å²) in [6.07, 6.45) is 0.681. The Morgan fingerprint density at radius 1 is 1.04 bits per heavy atom. The number of benzene rings is 1. The van der Waals surface area contributed by atoms with Crippen LogP contribution in [-0.4, -0.2) is 49.5 Å². The lowest BCUT2D eigenvalue weighted by Gasteiger charge is -2.33. The van der Waals surface area contributed by atoms with Crippen LogP contribution in [0.3, 0.4) is 0 Å². The topological polar surface area (TPSA) is 29.5 Å². The van der Waals surface area contributed by atoms with E-state index in [2.05, 4.69) is 67.8 Å². The van der Waals surface area contributed by atoms with Crippen LogP contribution in [0.15, 0.2) is 24.3 Å². The van der Waals surface area contributed by atoms with Gasteiger partial charge in [-0.3, -0.25) is 0 Å². The molecular weight excluding hydrogens is 298 g/mol. The minimum atomic E-state index is -0.447. The average Bonchev–Trinajstić information content (AvgIpc) is 2.42. The van der Waals surface area contributed by atoms with Gasteiger partial charge in [0.15, 0.2) is 0 Å². The molecule has 0 aromatic heterocycles. The lowest BCUT2D eigenvalue weighted by atomic mass is 9.72. The first-order valence-corrected chi connectivity index (χ1v) is 9.08. The van der Waals surface area contributed by atoms with Crippen LogP contribution >= 0.6 is 0 Å².